The van der Waals surface area contributed by atoms with Crippen LogP contribution in [0.1, 0.15) is 44.6 Å². The van der Waals surface area contributed by atoms with E-state index in [9.17, 15) is 5.11 Å². The van der Waals surface area contributed by atoms with Gasteiger partial charge in [-0.05, 0) is 42.2 Å². The number of nitrogens with zero attached hydrogens (tertiary/aromatic N) is 1. The first-order valence-corrected chi connectivity index (χ1v) is 7.63. The molecular weight excluding hydrogens is 230 g/mol. The van der Waals surface area contributed by atoms with Gasteiger partial charge in [0.1, 0.15) is 0 Å². The maximum Gasteiger partial charge on any atom is 0.0639 e. The average Bonchev–Trinajstić information content (AvgIpc) is 2.82. The Morgan fingerprint density at radius 1 is 1.41 bits per heavy atom. The lowest BCUT2D eigenvalue weighted by atomic mass is 9.93. The zero-order valence-corrected chi connectivity index (χ0v) is 11.5. The third kappa shape index (κ3) is 4.09. The van der Waals surface area contributed by atoms with Crippen LogP contribution in [-0.2, 0) is 6.54 Å². The molecule has 1 N–H and O–H groups in total. The quantitative estimate of drug-likeness (QED) is 0.870. The molecule has 1 aliphatic carbocycles. The Morgan fingerprint density at radius 2 is 2.18 bits per heavy atom. The van der Waals surface area contributed by atoms with Crippen LogP contribution >= 0.6 is 11.3 Å². The van der Waals surface area contributed by atoms with E-state index < -0.39 is 0 Å². The monoisotopic (exact) mass is 253 g/mol. The lowest BCUT2D eigenvalue weighted by Gasteiger charge is -2.35. The number of aliphatic hydroxyl groups is 1. The number of aliphatic hydroxyl groups excluding tert-OH is 1. The van der Waals surface area contributed by atoms with Gasteiger partial charge in [-0.15, -0.1) is 0 Å². The Labute approximate surface area is 108 Å². The minimum Gasteiger partial charge on any atom is -0.392 e. The molecule has 2 rings (SSSR count). The molecule has 0 spiro atoms. The highest BCUT2D eigenvalue weighted by Crippen LogP contribution is 2.24. The van der Waals surface area contributed by atoms with Gasteiger partial charge in [0.15, 0.2) is 0 Å². The standard InChI is InChI=1S/C14H23NOS/c1-12(16)9-15(10-13-7-8-17-11-13)14-5-3-2-4-6-14/h7-8,11-12,14,16H,2-6,9-10H2,1H3. The van der Waals surface area contributed by atoms with Gasteiger partial charge in [0.05, 0.1) is 6.10 Å². The van der Waals surface area contributed by atoms with Crippen molar-refractivity contribution in [3.8, 4) is 0 Å². The Bertz CT molecular complexity index is 304. The maximum atomic E-state index is 9.64. The number of thiophene rings is 1. The van der Waals surface area contributed by atoms with Crippen LogP contribution in [0.4, 0.5) is 0 Å². The van der Waals surface area contributed by atoms with Crippen molar-refractivity contribution in [1.82, 2.24) is 4.90 Å². The van der Waals surface area contributed by atoms with Crippen LogP contribution in [-0.4, -0.2) is 28.7 Å². The first kappa shape index (κ1) is 13.1. The number of hydrogen-bond donors (Lipinski definition) is 1. The molecule has 0 amide bonds. The lowest BCUT2D eigenvalue weighted by Crippen LogP contribution is -2.40. The minimum atomic E-state index is -0.226. The van der Waals surface area contributed by atoms with Crippen LogP contribution in [0, 0.1) is 0 Å². The van der Waals surface area contributed by atoms with E-state index in [4.69, 9.17) is 0 Å². The van der Waals surface area contributed by atoms with E-state index in [1.807, 2.05) is 6.92 Å². The third-order valence-electron chi connectivity index (χ3n) is 3.56. The summed E-state index contributed by atoms with van der Waals surface area (Å²) in [5.41, 5.74) is 1.39. The van der Waals surface area contributed by atoms with Gasteiger partial charge >= 0.3 is 0 Å². The average molecular weight is 253 g/mol. The van der Waals surface area contributed by atoms with Crippen molar-refractivity contribution >= 4 is 11.3 Å². The van der Waals surface area contributed by atoms with Crippen LogP contribution < -0.4 is 0 Å². The van der Waals surface area contributed by atoms with Gasteiger partial charge in [0.2, 0.25) is 0 Å². The molecule has 1 heterocycles. The molecule has 2 nitrogen and oxygen atoms in total. The van der Waals surface area contributed by atoms with Crippen molar-refractivity contribution in [3.63, 3.8) is 0 Å². The topological polar surface area (TPSA) is 23.5 Å². The van der Waals surface area contributed by atoms with Crippen molar-refractivity contribution in [2.45, 2.75) is 57.7 Å². The van der Waals surface area contributed by atoms with E-state index in [0.29, 0.717) is 6.04 Å². The molecule has 0 radical (unpaired) electrons. The second kappa shape index (κ2) is 6.53. The fraction of sp³-hybridized carbons (Fsp3) is 0.714. The second-order valence-electron chi connectivity index (χ2n) is 5.20. The Morgan fingerprint density at radius 3 is 2.76 bits per heavy atom. The van der Waals surface area contributed by atoms with Crippen molar-refractivity contribution < 1.29 is 5.11 Å². The molecule has 1 saturated carbocycles. The molecule has 0 bridgehead atoms. The van der Waals surface area contributed by atoms with Gasteiger partial charge in [0.25, 0.3) is 0 Å². The zero-order chi connectivity index (χ0) is 12.1. The first-order valence-electron chi connectivity index (χ1n) is 6.69. The predicted molar refractivity (Wildman–Crippen MR) is 73.3 cm³/mol. The molecular formula is C14H23NOS. The smallest absolute Gasteiger partial charge is 0.0639 e. The number of rotatable bonds is 5. The largest absolute Gasteiger partial charge is 0.392 e. The zero-order valence-electron chi connectivity index (χ0n) is 10.6. The van der Waals surface area contributed by atoms with E-state index in [1.54, 1.807) is 11.3 Å². The van der Waals surface area contributed by atoms with Crippen molar-refractivity contribution in [2.24, 2.45) is 0 Å². The molecule has 0 aliphatic heterocycles. The van der Waals surface area contributed by atoms with Gasteiger partial charge < -0.3 is 5.11 Å². The van der Waals surface area contributed by atoms with E-state index in [0.717, 1.165) is 13.1 Å². The fourth-order valence-electron chi connectivity index (χ4n) is 2.75. The summed E-state index contributed by atoms with van der Waals surface area (Å²) >= 11 is 1.76. The van der Waals surface area contributed by atoms with Crippen LogP contribution in [0.3, 0.4) is 0 Å². The summed E-state index contributed by atoms with van der Waals surface area (Å²) in [5, 5.41) is 14.0. The molecule has 0 aromatic carbocycles. The predicted octanol–water partition coefficient (Wildman–Crippen LogP) is 3.26. The summed E-state index contributed by atoms with van der Waals surface area (Å²) in [6, 6.07) is 2.88. The Hall–Kier alpha value is -0.380. The SMILES string of the molecule is CC(O)CN(Cc1ccsc1)C1CCCCC1. The van der Waals surface area contributed by atoms with Crippen molar-refractivity contribution in [3.05, 3.63) is 22.4 Å². The molecule has 1 aromatic rings. The fourth-order valence-corrected chi connectivity index (χ4v) is 3.41. The molecule has 3 heteroatoms. The first-order chi connectivity index (χ1) is 8.25. The summed E-state index contributed by atoms with van der Waals surface area (Å²) in [5.74, 6) is 0. The van der Waals surface area contributed by atoms with Gasteiger partial charge in [-0.3, -0.25) is 4.90 Å². The number of hydrogen-bond acceptors (Lipinski definition) is 3. The van der Waals surface area contributed by atoms with Crippen LogP contribution in [0.25, 0.3) is 0 Å². The summed E-state index contributed by atoms with van der Waals surface area (Å²) in [4.78, 5) is 2.48. The molecule has 96 valence electrons. The lowest BCUT2D eigenvalue weighted by molar-refractivity contribution is 0.0770. The van der Waals surface area contributed by atoms with Crippen LogP contribution in [0.2, 0.25) is 0 Å². The summed E-state index contributed by atoms with van der Waals surface area (Å²) in [6.45, 7) is 3.70. The van der Waals surface area contributed by atoms with Crippen LogP contribution in [0.15, 0.2) is 16.8 Å². The highest BCUT2D eigenvalue weighted by molar-refractivity contribution is 7.07. The highest BCUT2D eigenvalue weighted by atomic mass is 32.1. The van der Waals surface area contributed by atoms with Gasteiger partial charge in [0, 0.05) is 19.1 Å². The second-order valence-corrected chi connectivity index (χ2v) is 5.98. The molecule has 1 aromatic heterocycles. The van der Waals surface area contributed by atoms with Crippen molar-refractivity contribution in [1.29, 1.82) is 0 Å². The Kier molecular flexibility index (Phi) is 5.01. The molecule has 0 saturated heterocycles. The molecule has 1 atom stereocenters. The molecule has 1 fully saturated rings. The third-order valence-corrected chi connectivity index (χ3v) is 4.29. The molecule has 1 unspecified atom stereocenters. The van der Waals surface area contributed by atoms with Crippen LogP contribution in [0.5, 0.6) is 0 Å². The van der Waals surface area contributed by atoms with Gasteiger partial charge in [-0.25, -0.2) is 0 Å². The summed E-state index contributed by atoms with van der Waals surface area (Å²) in [6.07, 6.45) is 6.47. The van der Waals surface area contributed by atoms with E-state index in [2.05, 4.69) is 21.7 Å². The Balaban J connectivity index is 1.96. The summed E-state index contributed by atoms with van der Waals surface area (Å²) < 4.78 is 0. The highest BCUT2D eigenvalue weighted by Gasteiger charge is 2.22. The van der Waals surface area contributed by atoms with Crippen molar-refractivity contribution in [2.75, 3.05) is 6.54 Å². The molecule has 17 heavy (non-hydrogen) atoms. The van der Waals surface area contributed by atoms with Gasteiger partial charge in [-0.1, -0.05) is 19.3 Å². The van der Waals surface area contributed by atoms with E-state index >= 15 is 0 Å². The van der Waals surface area contributed by atoms with E-state index in [1.165, 1.54) is 37.7 Å². The van der Waals surface area contributed by atoms with Gasteiger partial charge in [-0.2, -0.15) is 11.3 Å². The normalized spacial score (nSPS) is 19.7. The molecule has 1 aliphatic rings. The van der Waals surface area contributed by atoms with E-state index in [-0.39, 0.29) is 6.10 Å². The summed E-state index contributed by atoms with van der Waals surface area (Å²) in [7, 11) is 0. The minimum absolute atomic E-state index is 0.226. The maximum absolute atomic E-state index is 9.64.